The maximum absolute atomic E-state index is 11.6. The number of rotatable bonds is 4. The predicted molar refractivity (Wildman–Crippen MR) is 59.8 cm³/mol. The van der Waals surface area contributed by atoms with Crippen molar-refractivity contribution in [3.8, 4) is 0 Å². The van der Waals surface area contributed by atoms with Crippen LogP contribution in [0.3, 0.4) is 0 Å². The van der Waals surface area contributed by atoms with Gasteiger partial charge in [0.05, 0.1) is 19.2 Å². The van der Waals surface area contributed by atoms with E-state index in [2.05, 4.69) is 10.3 Å². The molecule has 0 atom stereocenters. The van der Waals surface area contributed by atoms with Crippen LogP contribution in [0.15, 0.2) is 35.1 Å². The molecule has 2 heterocycles. The number of furan rings is 1. The van der Waals surface area contributed by atoms with E-state index in [0.717, 1.165) is 17.0 Å². The third-order valence-electron chi connectivity index (χ3n) is 2.29. The topological polar surface area (TPSA) is 58.0 Å². The van der Waals surface area contributed by atoms with Crippen LogP contribution in [0.4, 0.5) is 0 Å². The highest BCUT2D eigenvalue weighted by atomic mass is 16.3. The van der Waals surface area contributed by atoms with Crippen molar-refractivity contribution in [1.82, 2.24) is 10.3 Å². The second-order valence-corrected chi connectivity index (χ2v) is 3.72. The molecule has 0 aliphatic rings. The molecule has 0 fully saturated rings. The Balaban J connectivity index is 1.81. The highest BCUT2D eigenvalue weighted by molar-refractivity contribution is 5.78. The summed E-state index contributed by atoms with van der Waals surface area (Å²) in [5.74, 6) is 0.758. The quantitative estimate of drug-likeness (QED) is 0.821. The van der Waals surface area contributed by atoms with E-state index in [1.165, 1.54) is 0 Å². The fraction of sp³-hybridized carbons (Fsp3) is 0.250. The molecule has 1 amide bonds. The number of aromatic nitrogens is 1. The Morgan fingerprint density at radius 3 is 3.06 bits per heavy atom. The summed E-state index contributed by atoms with van der Waals surface area (Å²) < 4.78 is 5.12. The standard InChI is InChI=1S/C12H14N2O2/c1-9-5-10(7-13-9)6-12(15)14-8-11-3-2-4-16-11/h2-5,7,13H,6,8H2,1H3,(H,14,15). The Labute approximate surface area is 93.7 Å². The van der Waals surface area contributed by atoms with Gasteiger partial charge in [-0.2, -0.15) is 0 Å². The molecule has 0 aromatic carbocycles. The first kappa shape index (κ1) is 10.5. The minimum Gasteiger partial charge on any atom is -0.467 e. The lowest BCUT2D eigenvalue weighted by Crippen LogP contribution is -2.24. The number of aromatic amines is 1. The molecular formula is C12H14N2O2. The molecule has 0 saturated carbocycles. The zero-order chi connectivity index (χ0) is 11.4. The summed E-state index contributed by atoms with van der Waals surface area (Å²) in [7, 11) is 0. The molecule has 2 N–H and O–H groups in total. The molecule has 2 rings (SSSR count). The Kier molecular flexibility index (Phi) is 3.10. The van der Waals surface area contributed by atoms with Crippen LogP contribution in [0.5, 0.6) is 0 Å². The van der Waals surface area contributed by atoms with Crippen molar-refractivity contribution in [2.45, 2.75) is 19.9 Å². The van der Waals surface area contributed by atoms with Gasteiger partial charge < -0.3 is 14.7 Å². The Morgan fingerprint density at radius 2 is 2.44 bits per heavy atom. The maximum Gasteiger partial charge on any atom is 0.224 e. The van der Waals surface area contributed by atoms with Crippen molar-refractivity contribution < 1.29 is 9.21 Å². The van der Waals surface area contributed by atoms with E-state index < -0.39 is 0 Å². The number of carbonyl (C=O) groups is 1. The molecule has 0 bridgehead atoms. The van der Waals surface area contributed by atoms with Gasteiger partial charge in [0.25, 0.3) is 0 Å². The fourth-order valence-corrected chi connectivity index (χ4v) is 1.52. The molecule has 0 unspecified atom stereocenters. The maximum atomic E-state index is 11.6. The normalized spacial score (nSPS) is 10.3. The Hall–Kier alpha value is -1.97. The summed E-state index contributed by atoms with van der Waals surface area (Å²) >= 11 is 0. The molecule has 0 radical (unpaired) electrons. The van der Waals surface area contributed by atoms with E-state index in [9.17, 15) is 4.79 Å². The highest BCUT2D eigenvalue weighted by Crippen LogP contribution is 2.03. The Bertz CT molecular complexity index is 457. The predicted octanol–water partition coefficient (Wildman–Crippen LogP) is 1.78. The van der Waals surface area contributed by atoms with E-state index in [-0.39, 0.29) is 5.91 Å². The average Bonchev–Trinajstić information content (AvgIpc) is 2.87. The van der Waals surface area contributed by atoms with E-state index in [4.69, 9.17) is 4.42 Å². The molecule has 0 aliphatic carbocycles. The molecule has 0 spiro atoms. The number of H-pyrrole nitrogens is 1. The fourth-order valence-electron chi connectivity index (χ4n) is 1.52. The first-order chi connectivity index (χ1) is 7.74. The first-order valence-corrected chi connectivity index (χ1v) is 5.17. The summed E-state index contributed by atoms with van der Waals surface area (Å²) in [6.45, 7) is 2.40. The van der Waals surface area contributed by atoms with Gasteiger partial charge in [0.15, 0.2) is 0 Å². The third kappa shape index (κ3) is 2.76. The number of aryl methyl sites for hydroxylation is 1. The van der Waals surface area contributed by atoms with Gasteiger partial charge in [0.1, 0.15) is 5.76 Å². The van der Waals surface area contributed by atoms with Crippen LogP contribution < -0.4 is 5.32 Å². The molecule has 2 aromatic heterocycles. The van der Waals surface area contributed by atoms with Gasteiger partial charge in [-0.05, 0) is 30.7 Å². The summed E-state index contributed by atoms with van der Waals surface area (Å²) in [6, 6.07) is 5.60. The lowest BCUT2D eigenvalue weighted by atomic mass is 10.2. The molecule has 0 aliphatic heterocycles. The number of hydrogen-bond donors (Lipinski definition) is 2. The van der Waals surface area contributed by atoms with Crippen LogP contribution in [-0.4, -0.2) is 10.9 Å². The van der Waals surface area contributed by atoms with Crippen molar-refractivity contribution in [2.75, 3.05) is 0 Å². The lowest BCUT2D eigenvalue weighted by molar-refractivity contribution is -0.120. The summed E-state index contributed by atoms with van der Waals surface area (Å²) in [6.07, 6.45) is 3.84. The van der Waals surface area contributed by atoms with Crippen molar-refractivity contribution in [2.24, 2.45) is 0 Å². The van der Waals surface area contributed by atoms with E-state index >= 15 is 0 Å². The second-order valence-electron chi connectivity index (χ2n) is 3.72. The van der Waals surface area contributed by atoms with Crippen LogP contribution in [-0.2, 0) is 17.8 Å². The summed E-state index contributed by atoms with van der Waals surface area (Å²) in [5.41, 5.74) is 2.06. The van der Waals surface area contributed by atoms with Crippen molar-refractivity contribution in [1.29, 1.82) is 0 Å². The molecule has 16 heavy (non-hydrogen) atoms. The van der Waals surface area contributed by atoms with Gasteiger partial charge >= 0.3 is 0 Å². The molecule has 0 saturated heterocycles. The number of carbonyl (C=O) groups excluding carboxylic acids is 1. The molecular weight excluding hydrogens is 204 g/mol. The smallest absolute Gasteiger partial charge is 0.224 e. The number of nitrogens with one attached hydrogen (secondary N) is 2. The van der Waals surface area contributed by atoms with Crippen molar-refractivity contribution >= 4 is 5.91 Å². The Morgan fingerprint density at radius 1 is 1.56 bits per heavy atom. The number of hydrogen-bond acceptors (Lipinski definition) is 2. The average molecular weight is 218 g/mol. The summed E-state index contributed by atoms with van der Waals surface area (Å²) in [5, 5.41) is 2.80. The van der Waals surface area contributed by atoms with E-state index in [0.29, 0.717) is 13.0 Å². The molecule has 4 heteroatoms. The third-order valence-corrected chi connectivity index (χ3v) is 2.29. The van der Waals surface area contributed by atoms with Gasteiger partial charge in [-0.25, -0.2) is 0 Å². The van der Waals surface area contributed by atoms with Crippen LogP contribution in [0.1, 0.15) is 17.0 Å². The molecule has 4 nitrogen and oxygen atoms in total. The van der Waals surface area contributed by atoms with Gasteiger partial charge in [-0.3, -0.25) is 4.79 Å². The van der Waals surface area contributed by atoms with Crippen LogP contribution in [0, 0.1) is 6.92 Å². The van der Waals surface area contributed by atoms with Crippen LogP contribution >= 0.6 is 0 Å². The minimum absolute atomic E-state index is 0.00426. The summed E-state index contributed by atoms with van der Waals surface area (Å²) in [4.78, 5) is 14.6. The monoisotopic (exact) mass is 218 g/mol. The first-order valence-electron chi connectivity index (χ1n) is 5.17. The lowest BCUT2D eigenvalue weighted by Gasteiger charge is -2.01. The zero-order valence-electron chi connectivity index (χ0n) is 9.12. The van der Waals surface area contributed by atoms with Crippen molar-refractivity contribution in [3.05, 3.63) is 47.7 Å². The largest absolute Gasteiger partial charge is 0.467 e. The van der Waals surface area contributed by atoms with Gasteiger partial charge in [0, 0.05) is 11.9 Å². The van der Waals surface area contributed by atoms with Gasteiger partial charge in [-0.1, -0.05) is 0 Å². The van der Waals surface area contributed by atoms with Crippen LogP contribution in [0.2, 0.25) is 0 Å². The molecule has 84 valence electrons. The van der Waals surface area contributed by atoms with E-state index in [1.54, 1.807) is 12.3 Å². The van der Waals surface area contributed by atoms with Gasteiger partial charge in [0.2, 0.25) is 5.91 Å². The second kappa shape index (κ2) is 4.70. The SMILES string of the molecule is Cc1cc(CC(=O)NCc2ccco2)c[nH]1. The van der Waals surface area contributed by atoms with Crippen molar-refractivity contribution in [3.63, 3.8) is 0 Å². The van der Waals surface area contributed by atoms with Gasteiger partial charge in [-0.15, -0.1) is 0 Å². The minimum atomic E-state index is -0.00426. The molecule has 2 aromatic rings. The highest BCUT2D eigenvalue weighted by Gasteiger charge is 2.05. The van der Waals surface area contributed by atoms with E-state index in [1.807, 2.05) is 25.3 Å². The van der Waals surface area contributed by atoms with Crippen LogP contribution in [0.25, 0.3) is 0 Å². The number of amides is 1. The zero-order valence-corrected chi connectivity index (χ0v) is 9.12.